The van der Waals surface area contributed by atoms with E-state index in [1.165, 1.54) is 0 Å². The van der Waals surface area contributed by atoms with E-state index in [2.05, 4.69) is 12.6 Å². The van der Waals surface area contributed by atoms with E-state index in [0.29, 0.717) is 30.9 Å². The zero-order valence-corrected chi connectivity index (χ0v) is 15.1. The molecule has 0 aliphatic carbocycles. The van der Waals surface area contributed by atoms with Crippen LogP contribution < -0.4 is 9.47 Å². The van der Waals surface area contributed by atoms with Crippen LogP contribution in [0.2, 0.25) is 0 Å². The van der Waals surface area contributed by atoms with Gasteiger partial charge in [-0.1, -0.05) is 54.6 Å². The lowest BCUT2D eigenvalue weighted by atomic mass is 9.97. The molecule has 0 saturated carbocycles. The predicted molar refractivity (Wildman–Crippen MR) is 109 cm³/mol. The van der Waals surface area contributed by atoms with Crippen LogP contribution in [0.3, 0.4) is 0 Å². The van der Waals surface area contributed by atoms with Crippen molar-refractivity contribution in [1.82, 2.24) is 0 Å². The van der Waals surface area contributed by atoms with E-state index < -0.39 is 0 Å². The van der Waals surface area contributed by atoms with Crippen LogP contribution in [0.15, 0.2) is 85.5 Å². The Hall–Kier alpha value is -3.33. The van der Waals surface area contributed by atoms with E-state index in [0.717, 1.165) is 28.7 Å². The second-order valence-corrected chi connectivity index (χ2v) is 6.04. The van der Waals surface area contributed by atoms with Gasteiger partial charge in [-0.15, -0.1) is 6.58 Å². The number of ether oxygens (including phenoxy) is 2. The maximum absolute atomic E-state index is 11.7. The highest BCUT2D eigenvalue weighted by atomic mass is 16.5. The minimum absolute atomic E-state index is 0.352. The molecule has 0 atom stereocenters. The third kappa shape index (κ3) is 4.85. The van der Waals surface area contributed by atoms with Crippen LogP contribution >= 0.6 is 0 Å². The lowest BCUT2D eigenvalue weighted by Crippen LogP contribution is -2.11. The number of carbonyl (C=O) groups is 1. The molecule has 3 nitrogen and oxygen atoms in total. The van der Waals surface area contributed by atoms with Gasteiger partial charge in [-0.05, 0) is 47.4 Å². The number of para-hydroxylation sites is 1. The van der Waals surface area contributed by atoms with Crippen LogP contribution in [0.4, 0.5) is 0 Å². The molecule has 136 valence electrons. The molecule has 0 aliphatic rings. The maximum Gasteiger partial charge on any atom is 0.153 e. The zero-order valence-electron chi connectivity index (χ0n) is 15.1. The number of hydrogen-bond acceptors (Lipinski definition) is 3. The summed E-state index contributed by atoms with van der Waals surface area (Å²) in [7, 11) is 0. The van der Waals surface area contributed by atoms with Crippen molar-refractivity contribution in [2.75, 3.05) is 13.2 Å². The third-order valence-corrected chi connectivity index (χ3v) is 4.13. The number of hydrogen-bond donors (Lipinski definition) is 0. The van der Waals surface area contributed by atoms with Gasteiger partial charge in [-0.25, -0.2) is 0 Å². The first-order valence-electron chi connectivity index (χ1n) is 8.91. The fraction of sp³-hybridized carbons (Fsp3) is 0.125. The molecule has 0 amide bonds. The Balaban J connectivity index is 1.78. The van der Waals surface area contributed by atoms with Crippen molar-refractivity contribution < 1.29 is 14.3 Å². The lowest BCUT2D eigenvalue weighted by molar-refractivity contribution is 0.111. The summed E-state index contributed by atoms with van der Waals surface area (Å²) in [4.78, 5) is 11.7. The van der Waals surface area contributed by atoms with E-state index in [9.17, 15) is 4.79 Å². The average Bonchev–Trinajstić information content (AvgIpc) is 2.73. The highest BCUT2D eigenvalue weighted by Gasteiger charge is 2.12. The largest absolute Gasteiger partial charge is 0.490 e. The van der Waals surface area contributed by atoms with Crippen molar-refractivity contribution in [2.24, 2.45) is 0 Å². The van der Waals surface area contributed by atoms with E-state index in [1.807, 2.05) is 72.8 Å². The number of carbonyl (C=O) groups excluding carboxylic acids is 1. The molecule has 0 aromatic heterocycles. The van der Waals surface area contributed by atoms with Crippen molar-refractivity contribution in [3.05, 3.63) is 96.6 Å². The van der Waals surface area contributed by atoms with Gasteiger partial charge in [0.25, 0.3) is 0 Å². The molecule has 0 radical (unpaired) electrons. The standard InChI is InChI=1S/C24H22O3/c1-2-9-20-16-21(19-10-5-3-6-11-19)17-22(18-25)24(20)27-15-14-26-23-12-7-4-8-13-23/h2-8,10-13,16-18H,1,9,14-15H2. The topological polar surface area (TPSA) is 35.5 Å². The van der Waals surface area contributed by atoms with Crippen LogP contribution in [0.5, 0.6) is 11.5 Å². The smallest absolute Gasteiger partial charge is 0.153 e. The fourth-order valence-electron chi connectivity index (χ4n) is 2.90. The minimum Gasteiger partial charge on any atom is -0.490 e. The van der Waals surface area contributed by atoms with Gasteiger partial charge >= 0.3 is 0 Å². The van der Waals surface area contributed by atoms with Crippen molar-refractivity contribution in [3.8, 4) is 22.6 Å². The van der Waals surface area contributed by atoms with Gasteiger partial charge in [0.2, 0.25) is 0 Å². The quantitative estimate of drug-likeness (QED) is 0.294. The average molecular weight is 358 g/mol. The fourth-order valence-corrected chi connectivity index (χ4v) is 2.90. The highest BCUT2D eigenvalue weighted by molar-refractivity contribution is 5.84. The second kappa shape index (κ2) is 9.39. The molecule has 3 aromatic rings. The first-order valence-corrected chi connectivity index (χ1v) is 8.91. The molecule has 0 spiro atoms. The van der Waals surface area contributed by atoms with Gasteiger partial charge in [-0.3, -0.25) is 4.79 Å². The van der Waals surface area contributed by atoms with Crippen LogP contribution in [0.1, 0.15) is 15.9 Å². The number of allylic oxidation sites excluding steroid dienone is 1. The van der Waals surface area contributed by atoms with E-state index in [4.69, 9.17) is 9.47 Å². The summed E-state index contributed by atoms with van der Waals surface area (Å²) in [5.74, 6) is 1.39. The number of benzene rings is 3. The molecule has 0 heterocycles. The van der Waals surface area contributed by atoms with E-state index in [1.54, 1.807) is 0 Å². The Morgan fingerprint density at radius 3 is 2.15 bits per heavy atom. The van der Waals surface area contributed by atoms with Crippen LogP contribution in [-0.4, -0.2) is 19.5 Å². The molecule has 3 heteroatoms. The lowest BCUT2D eigenvalue weighted by Gasteiger charge is -2.15. The summed E-state index contributed by atoms with van der Waals surface area (Å²) in [5, 5.41) is 0. The molecule has 3 rings (SSSR count). The summed E-state index contributed by atoms with van der Waals surface area (Å²) in [6.45, 7) is 4.57. The molecule has 0 fully saturated rings. The molecular formula is C24H22O3. The Kier molecular flexibility index (Phi) is 6.42. The van der Waals surface area contributed by atoms with E-state index >= 15 is 0 Å². The van der Waals surface area contributed by atoms with Crippen LogP contribution in [0, 0.1) is 0 Å². The monoisotopic (exact) mass is 358 g/mol. The first-order chi connectivity index (χ1) is 13.3. The van der Waals surface area contributed by atoms with Crippen molar-refractivity contribution in [2.45, 2.75) is 6.42 Å². The van der Waals surface area contributed by atoms with Crippen LogP contribution in [0.25, 0.3) is 11.1 Å². The molecule has 0 unspecified atom stereocenters. The van der Waals surface area contributed by atoms with Crippen molar-refractivity contribution >= 4 is 6.29 Å². The summed E-state index contributed by atoms with van der Waals surface area (Å²) in [6.07, 6.45) is 3.27. The summed E-state index contributed by atoms with van der Waals surface area (Å²) in [6, 6.07) is 23.5. The molecular weight excluding hydrogens is 336 g/mol. The van der Waals surface area contributed by atoms with Gasteiger partial charge in [0.1, 0.15) is 24.7 Å². The maximum atomic E-state index is 11.7. The molecule has 27 heavy (non-hydrogen) atoms. The van der Waals surface area contributed by atoms with Crippen molar-refractivity contribution in [1.29, 1.82) is 0 Å². The molecule has 0 bridgehead atoms. The van der Waals surface area contributed by atoms with Crippen molar-refractivity contribution in [3.63, 3.8) is 0 Å². The molecule has 3 aromatic carbocycles. The number of aldehydes is 1. The second-order valence-electron chi connectivity index (χ2n) is 6.04. The normalized spacial score (nSPS) is 10.2. The third-order valence-electron chi connectivity index (χ3n) is 4.13. The molecule has 0 N–H and O–H groups in total. The van der Waals surface area contributed by atoms with Gasteiger partial charge in [-0.2, -0.15) is 0 Å². The van der Waals surface area contributed by atoms with Crippen LogP contribution in [-0.2, 0) is 6.42 Å². The zero-order chi connectivity index (χ0) is 18.9. The number of rotatable bonds is 9. The molecule has 0 aliphatic heterocycles. The highest BCUT2D eigenvalue weighted by Crippen LogP contribution is 2.31. The van der Waals surface area contributed by atoms with Gasteiger partial charge in [0.05, 0.1) is 5.56 Å². The first kappa shape index (κ1) is 18.5. The molecule has 0 saturated heterocycles. The Bertz CT molecular complexity index is 886. The Morgan fingerprint density at radius 1 is 0.815 bits per heavy atom. The SMILES string of the molecule is C=CCc1cc(-c2ccccc2)cc(C=O)c1OCCOc1ccccc1. The minimum atomic E-state index is 0.352. The van der Waals surface area contributed by atoms with Gasteiger partial charge in [0, 0.05) is 0 Å². The van der Waals surface area contributed by atoms with Gasteiger partial charge < -0.3 is 9.47 Å². The summed E-state index contributed by atoms with van der Waals surface area (Å²) < 4.78 is 11.6. The predicted octanol–water partition coefficient (Wildman–Crippen LogP) is 5.35. The summed E-state index contributed by atoms with van der Waals surface area (Å²) in [5.41, 5.74) is 3.52. The Labute approximate surface area is 159 Å². The Morgan fingerprint density at radius 2 is 1.48 bits per heavy atom. The summed E-state index contributed by atoms with van der Waals surface area (Å²) >= 11 is 0. The van der Waals surface area contributed by atoms with Gasteiger partial charge in [0.15, 0.2) is 6.29 Å². The van der Waals surface area contributed by atoms with E-state index in [-0.39, 0.29) is 0 Å².